The lowest BCUT2D eigenvalue weighted by atomic mass is 9.95. The third-order valence-corrected chi connectivity index (χ3v) is 8.60. The summed E-state index contributed by atoms with van der Waals surface area (Å²) in [6.45, 7) is 6.31. The molecule has 0 unspecified atom stereocenters. The molecule has 3 N–H and O–H groups in total. The Morgan fingerprint density at radius 3 is 2.77 bits per heavy atom. The summed E-state index contributed by atoms with van der Waals surface area (Å²) in [5, 5.41) is 5.15. The maximum Gasteiger partial charge on any atom is 0.413 e. The van der Waals surface area contributed by atoms with Crippen LogP contribution in [0, 0.1) is 11.6 Å². The van der Waals surface area contributed by atoms with Gasteiger partial charge in [0.2, 0.25) is 0 Å². The molecular weight excluding hydrogens is 587 g/mol. The van der Waals surface area contributed by atoms with E-state index in [0.29, 0.717) is 13.0 Å². The minimum atomic E-state index is -0.953. The number of benzene rings is 1. The van der Waals surface area contributed by atoms with E-state index in [9.17, 15) is 18.4 Å². The Balaban J connectivity index is 1.40. The summed E-state index contributed by atoms with van der Waals surface area (Å²) in [7, 11) is 1.52. The fourth-order valence-electron chi connectivity index (χ4n) is 5.86. The van der Waals surface area contributed by atoms with Crippen LogP contribution in [0.5, 0.6) is 6.01 Å². The highest BCUT2D eigenvalue weighted by Crippen LogP contribution is 2.41. The number of ether oxygens (including phenoxy) is 2. The van der Waals surface area contributed by atoms with Crippen molar-refractivity contribution < 1.29 is 27.4 Å². The number of halogens is 3. The molecule has 2 fully saturated rings. The number of nitrogens with one attached hydrogen (secondary N) is 3. The molecule has 2 saturated heterocycles. The van der Waals surface area contributed by atoms with Crippen LogP contribution in [0.1, 0.15) is 40.0 Å². The van der Waals surface area contributed by atoms with Gasteiger partial charge in [-0.25, -0.2) is 22.9 Å². The van der Waals surface area contributed by atoms with Crippen LogP contribution in [-0.4, -0.2) is 75.0 Å². The van der Waals surface area contributed by atoms with Crippen molar-refractivity contribution in [2.75, 3.05) is 37.4 Å². The van der Waals surface area contributed by atoms with Gasteiger partial charge in [-0.15, -0.1) is 0 Å². The van der Waals surface area contributed by atoms with Gasteiger partial charge in [-0.2, -0.15) is 9.97 Å². The predicted octanol–water partition coefficient (Wildman–Crippen LogP) is 5.22. The largest absolute Gasteiger partial charge is 0.461 e. The van der Waals surface area contributed by atoms with Crippen molar-refractivity contribution in [3.63, 3.8) is 0 Å². The number of alkyl halides is 1. The number of amides is 1. The maximum atomic E-state index is 16.3. The second-order valence-corrected chi connectivity index (χ2v) is 12.8. The van der Waals surface area contributed by atoms with Crippen molar-refractivity contribution >= 4 is 49.5 Å². The lowest BCUT2D eigenvalue weighted by molar-refractivity contribution is 0.0636. The van der Waals surface area contributed by atoms with E-state index in [1.165, 1.54) is 13.1 Å². The molecule has 6 rings (SSSR count). The lowest BCUT2D eigenvalue weighted by Gasteiger charge is -2.30. The van der Waals surface area contributed by atoms with Gasteiger partial charge in [0.05, 0.1) is 21.4 Å². The highest BCUT2D eigenvalue weighted by atomic mass is 32.1. The van der Waals surface area contributed by atoms with Crippen molar-refractivity contribution in [3.8, 4) is 17.3 Å². The van der Waals surface area contributed by atoms with Gasteiger partial charge in [-0.05, 0) is 52.3 Å². The number of hydrogen-bond donors (Lipinski definition) is 3. The number of hydrogen-bond acceptors (Lipinski definition) is 10. The number of anilines is 2. The topological polar surface area (TPSA) is 134 Å². The Morgan fingerprint density at radius 1 is 1.23 bits per heavy atom. The van der Waals surface area contributed by atoms with E-state index in [-0.39, 0.29) is 55.9 Å². The highest BCUT2D eigenvalue weighted by molar-refractivity contribution is 7.22. The number of H-pyrrole nitrogens is 1. The normalized spacial score (nSPS) is 20.5. The smallest absolute Gasteiger partial charge is 0.413 e. The van der Waals surface area contributed by atoms with Crippen LogP contribution >= 0.6 is 11.3 Å². The molecular formula is C28H30F3N7O4S. The molecule has 1 aromatic carbocycles. The zero-order chi connectivity index (χ0) is 30.7. The molecule has 2 aliphatic heterocycles. The average Bonchev–Trinajstić information content (AvgIpc) is 3.60. The number of aromatic amines is 1. The third-order valence-electron chi connectivity index (χ3n) is 7.62. The van der Waals surface area contributed by atoms with Gasteiger partial charge in [0.25, 0.3) is 5.56 Å². The molecule has 1 amide bonds. The zero-order valence-corrected chi connectivity index (χ0v) is 24.8. The van der Waals surface area contributed by atoms with Gasteiger partial charge in [-0.3, -0.25) is 15.0 Å². The van der Waals surface area contributed by atoms with Gasteiger partial charge in [0, 0.05) is 25.6 Å². The SMILES string of the molecule is CNc1nc(OC[C@@]23CCCN2C[C@H](F)C3)nc2c(F)c(-c3ccc(F)c4sc(NC(=O)OC(C)(C)C)nc34)[nH]c(=O)c12. The Hall–Kier alpha value is -3.98. The summed E-state index contributed by atoms with van der Waals surface area (Å²) in [4.78, 5) is 43.0. The molecule has 0 spiro atoms. The number of rotatable bonds is 6. The molecule has 3 aromatic heterocycles. The van der Waals surface area contributed by atoms with E-state index in [0.717, 1.165) is 36.8 Å². The quantitative estimate of drug-likeness (QED) is 0.266. The first-order valence-corrected chi connectivity index (χ1v) is 14.6. The molecule has 0 bridgehead atoms. The molecule has 0 radical (unpaired) electrons. The molecule has 15 heteroatoms. The second-order valence-electron chi connectivity index (χ2n) is 11.8. The number of aromatic nitrogens is 4. The molecule has 4 aromatic rings. The van der Waals surface area contributed by atoms with Crippen LogP contribution in [-0.2, 0) is 4.74 Å². The number of thiazole rings is 1. The van der Waals surface area contributed by atoms with E-state index >= 15 is 4.39 Å². The van der Waals surface area contributed by atoms with Crippen molar-refractivity contribution in [1.29, 1.82) is 0 Å². The van der Waals surface area contributed by atoms with Crippen LogP contribution in [0.25, 0.3) is 32.4 Å². The Labute approximate surface area is 247 Å². The van der Waals surface area contributed by atoms with Crippen LogP contribution in [0.15, 0.2) is 16.9 Å². The molecule has 0 saturated carbocycles. The minimum absolute atomic E-state index is 0.0202. The van der Waals surface area contributed by atoms with Gasteiger partial charge in [-0.1, -0.05) is 11.3 Å². The standard InChI is InChI=1S/C28H30F3N7O4S/c1-27(2,3)42-26(40)37-25-35-19-14(6-7-15(30)21(19)43-25)18-17(31)20-16(23(39)33-18)22(32-4)36-24(34-20)41-12-28-8-5-9-38(28)11-13(29)10-28/h6-7,13H,5,8-12H2,1-4H3,(H,33,39)(H,32,34,36)(H,35,37,40)/t13-,28+/m1/s1. The molecule has 2 aliphatic rings. The van der Waals surface area contributed by atoms with Crippen LogP contribution in [0.2, 0.25) is 0 Å². The molecule has 5 heterocycles. The van der Waals surface area contributed by atoms with Crippen LogP contribution < -0.4 is 20.9 Å². The molecule has 0 aliphatic carbocycles. The van der Waals surface area contributed by atoms with Crippen molar-refractivity contribution in [3.05, 3.63) is 34.1 Å². The maximum absolute atomic E-state index is 16.3. The van der Waals surface area contributed by atoms with Crippen molar-refractivity contribution in [1.82, 2.24) is 24.8 Å². The third kappa shape index (κ3) is 5.35. The Kier molecular flexibility index (Phi) is 7.19. The Bertz CT molecular complexity index is 1810. The number of carbonyl (C=O) groups excluding carboxylic acids is 1. The number of fused-ring (bicyclic) bond motifs is 3. The fraction of sp³-hybridized carbons (Fsp3) is 0.464. The summed E-state index contributed by atoms with van der Waals surface area (Å²) in [5.41, 5.74) is -2.45. The van der Waals surface area contributed by atoms with E-state index in [1.807, 2.05) is 0 Å². The van der Waals surface area contributed by atoms with E-state index in [4.69, 9.17) is 9.47 Å². The molecule has 43 heavy (non-hydrogen) atoms. The number of pyridine rings is 1. The van der Waals surface area contributed by atoms with E-state index < -0.39 is 40.6 Å². The van der Waals surface area contributed by atoms with E-state index in [1.54, 1.807) is 20.8 Å². The molecule has 2 atom stereocenters. The molecule has 228 valence electrons. The average molecular weight is 618 g/mol. The predicted molar refractivity (Wildman–Crippen MR) is 157 cm³/mol. The first-order valence-electron chi connectivity index (χ1n) is 13.8. The second kappa shape index (κ2) is 10.6. The summed E-state index contributed by atoms with van der Waals surface area (Å²) in [6.07, 6.45) is 0.267. The number of nitrogens with zero attached hydrogens (tertiary/aromatic N) is 4. The fourth-order valence-corrected chi connectivity index (χ4v) is 6.75. The lowest BCUT2D eigenvalue weighted by Crippen LogP contribution is -2.43. The van der Waals surface area contributed by atoms with Crippen LogP contribution in [0.3, 0.4) is 0 Å². The van der Waals surface area contributed by atoms with E-state index in [2.05, 4.69) is 35.5 Å². The van der Waals surface area contributed by atoms with Gasteiger partial charge >= 0.3 is 12.1 Å². The summed E-state index contributed by atoms with van der Waals surface area (Å²) >= 11 is 0.836. The molecule has 11 nitrogen and oxygen atoms in total. The minimum Gasteiger partial charge on any atom is -0.461 e. The van der Waals surface area contributed by atoms with Gasteiger partial charge in [0.15, 0.2) is 10.9 Å². The van der Waals surface area contributed by atoms with Gasteiger partial charge in [0.1, 0.15) is 40.9 Å². The first-order chi connectivity index (χ1) is 20.4. The zero-order valence-electron chi connectivity index (χ0n) is 23.9. The summed E-state index contributed by atoms with van der Waals surface area (Å²) < 4.78 is 56.5. The van der Waals surface area contributed by atoms with Crippen molar-refractivity contribution in [2.45, 2.75) is 57.3 Å². The number of carbonyl (C=O) groups is 1. The monoisotopic (exact) mass is 617 g/mol. The highest BCUT2D eigenvalue weighted by Gasteiger charge is 2.49. The van der Waals surface area contributed by atoms with Crippen LogP contribution in [0.4, 0.5) is 28.9 Å². The van der Waals surface area contributed by atoms with Crippen molar-refractivity contribution in [2.24, 2.45) is 0 Å². The van der Waals surface area contributed by atoms with Gasteiger partial charge < -0.3 is 19.8 Å². The Morgan fingerprint density at radius 2 is 2.02 bits per heavy atom. The first kappa shape index (κ1) is 29.1. The summed E-state index contributed by atoms with van der Waals surface area (Å²) in [5.74, 6) is -1.51. The summed E-state index contributed by atoms with van der Waals surface area (Å²) in [6, 6.07) is 2.24.